The molecule has 0 atom stereocenters. The lowest BCUT2D eigenvalue weighted by atomic mass is 9.94. The highest BCUT2D eigenvalue weighted by atomic mass is 35.5. The van der Waals surface area contributed by atoms with Crippen LogP contribution in [0.2, 0.25) is 0 Å². The van der Waals surface area contributed by atoms with Gasteiger partial charge >= 0.3 is 0 Å². The van der Waals surface area contributed by atoms with E-state index < -0.39 is 0 Å². The summed E-state index contributed by atoms with van der Waals surface area (Å²) >= 11 is 0. The quantitative estimate of drug-likeness (QED) is 0.255. The van der Waals surface area contributed by atoms with Crippen LogP contribution >= 0.6 is 0 Å². The Kier molecular flexibility index (Phi) is 26.4. The summed E-state index contributed by atoms with van der Waals surface area (Å²) in [6.07, 6.45) is 20.1. The molecule has 0 bridgehead atoms. The lowest BCUT2D eigenvalue weighted by molar-refractivity contribution is -0.729. The van der Waals surface area contributed by atoms with Gasteiger partial charge in [0, 0.05) is 5.56 Å². The van der Waals surface area contributed by atoms with Gasteiger partial charge in [0.25, 0.3) is 0 Å². The zero-order chi connectivity index (χ0) is 18.9. The van der Waals surface area contributed by atoms with E-state index in [1.165, 1.54) is 102 Å². The highest BCUT2D eigenvalue weighted by molar-refractivity contribution is 5.19. The number of hydrogen-bond acceptors (Lipinski definition) is 0. The molecule has 0 heterocycles. The van der Waals surface area contributed by atoms with Crippen molar-refractivity contribution in [3.63, 3.8) is 0 Å². The summed E-state index contributed by atoms with van der Waals surface area (Å²) in [5.41, 5.74) is 1.64. The van der Waals surface area contributed by atoms with Crippen molar-refractivity contribution in [2.75, 3.05) is 6.54 Å². The lowest BCUT2D eigenvalue weighted by Crippen LogP contribution is -3.00. The molecule has 1 aromatic rings. The van der Waals surface area contributed by atoms with E-state index in [4.69, 9.17) is 0 Å². The Morgan fingerprint density at radius 1 is 0.586 bits per heavy atom. The van der Waals surface area contributed by atoms with Gasteiger partial charge in [-0.1, -0.05) is 114 Å². The third-order valence-corrected chi connectivity index (χ3v) is 5.73. The molecule has 0 amide bonds. The third kappa shape index (κ3) is 18.5. The van der Waals surface area contributed by atoms with Crippen LogP contribution in [0, 0.1) is 0 Å². The van der Waals surface area contributed by atoms with Gasteiger partial charge in [0.05, 0.1) is 6.54 Å². The second-order valence-electron chi connectivity index (χ2n) is 8.68. The second-order valence-corrected chi connectivity index (χ2v) is 8.68. The van der Waals surface area contributed by atoms with Crippen molar-refractivity contribution in [2.24, 2.45) is 0 Å². The Bertz CT molecular complexity index is 423. The fourth-order valence-electron chi connectivity index (χ4n) is 3.79. The first-order chi connectivity index (χ1) is 12.7. The zero-order valence-electron chi connectivity index (χ0n) is 19.2. The van der Waals surface area contributed by atoms with Crippen LogP contribution in [0.1, 0.15) is 116 Å². The largest absolute Gasteiger partial charge is 1.00 e. The molecular weight excluding hydrogens is 421 g/mol. The van der Waals surface area contributed by atoms with Gasteiger partial charge in [0.15, 0.2) is 0 Å². The summed E-state index contributed by atoms with van der Waals surface area (Å²) in [5, 5.41) is 2.52. The van der Waals surface area contributed by atoms with Crippen LogP contribution in [0.5, 0.6) is 0 Å². The average molecular weight is 467 g/mol. The summed E-state index contributed by atoms with van der Waals surface area (Å²) in [4.78, 5) is 0. The van der Waals surface area contributed by atoms with Gasteiger partial charge in [-0.2, -0.15) is 0 Å². The molecule has 1 nitrogen and oxygen atoms in total. The normalized spacial score (nSPS) is 10.6. The van der Waals surface area contributed by atoms with E-state index >= 15 is 0 Å². The van der Waals surface area contributed by atoms with Crippen LogP contribution < -0.4 is 42.5 Å². The molecule has 29 heavy (non-hydrogen) atoms. The van der Waals surface area contributed by atoms with E-state index in [1.807, 2.05) is 0 Å². The molecule has 0 fully saturated rings. The second kappa shape index (κ2) is 22.7. The number of nitrogens with two attached hydrogens (primary N) is 1. The van der Waals surface area contributed by atoms with Crippen molar-refractivity contribution < 1.29 is 42.5 Å². The fraction of sp³-hybridized carbons (Fsp3) is 0.760. The summed E-state index contributed by atoms with van der Waals surface area (Å²) in [6, 6.07) is 10.9. The van der Waals surface area contributed by atoms with Gasteiger partial charge in [-0.15, -0.1) is 0 Å². The van der Waals surface area contributed by atoms with Gasteiger partial charge in [-0.05, 0) is 26.7 Å². The predicted molar refractivity (Wildman–Crippen MR) is 117 cm³/mol. The van der Waals surface area contributed by atoms with Crippen molar-refractivity contribution in [1.82, 2.24) is 0 Å². The van der Waals surface area contributed by atoms with E-state index in [1.54, 1.807) is 0 Å². The van der Waals surface area contributed by atoms with Crippen LogP contribution in [0.3, 0.4) is 0 Å². The van der Waals surface area contributed by atoms with Crippen LogP contribution in [-0.2, 0) is 5.54 Å². The number of benzene rings is 1. The summed E-state index contributed by atoms with van der Waals surface area (Å²) < 4.78 is 0. The molecule has 0 spiro atoms. The molecular formula is C25H46Cl3N-2. The Labute approximate surface area is 200 Å². The molecule has 2 N–H and O–H groups in total. The highest BCUT2D eigenvalue weighted by Gasteiger charge is 2.22. The minimum absolute atomic E-state index is 0. The third-order valence-electron chi connectivity index (χ3n) is 5.73. The smallest absolute Gasteiger partial charge is 0.116 e. The number of unbranched alkanes of at least 4 members (excludes halogenated alkanes) is 13. The van der Waals surface area contributed by atoms with E-state index in [0.717, 1.165) is 0 Å². The van der Waals surface area contributed by atoms with Gasteiger partial charge in [-0.25, -0.2) is 0 Å². The standard InChI is InChI=1S/C25H45N.3ClH/c1-4-5-6-7-8-9-10-11-12-13-14-15-16-20-23-26-25(2,3)24-21-18-17-19-22-24;;;/h17-19,21-22,26H,4-16,20,23H2,1-3H3;3*1H/p-2. The van der Waals surface area contributed by atoms with Gasteiger partial charge < -0.3 is 42.5 Å². The first-order valence-electron chi connectivity index (χ1n) is 11.6. The minimum atomic E-state index is 0. The van der Waals surface area contributed by atoms with E-state index in [0.29, 0.717) is 0 Å². The molecule has 0 saturated carbocycles. The lowest BCUT2D eigenvalue weighted by Gasteiger charge is -2.23. The molecule has 4 heteroatoms. The van der Waals surface area contributed by atoms with Crippen molar-refractivity contribution in [2.45, 2.75) is 116 Å². The minimum Gasteiger partial charge on any atom is -1.00 e. The van der Waals surface area contributed by atoms with E-state index in [2.05, 4.69) is 56.4 Å². The monoisotopic (exact) mass is 465 g/mol. The topological polar surface area (TPSA) is 16.6 Å². The molecule has 0 radical (unpaired) electrons. The van der Waals surface area contributed by atoms with Crippen molar-refractivity contribution in [1.29, 1.82) is 0 Å². The Balaban J connectivity index is -0.00000225. The first-order valence-corrected chi connectivity index (χ1v) is 11.6. The number of rotatable bonds is 17. The van der Waals surface area contributed by atoms with Crippen molar-refractivity contribution in [3.8, 4) is 0 Å². The molecule has 174 valence electrons. The van der Waals surface area contributed by atoms with Crippen molar-refractivity contribution in [3.05, 3.63) is 35.9 Å². The van der Waals surface area contributed by atoms with Gasteiger partial charge in [0.1, 0.15) is 5.54 Å². The predicted octanol–water partition coefficient (Wildman–Crippen LogP) is -2.02. The number of halogens is 3. The molecule has 0 aromatic heterocycles. The highest BCUT2D eigenvalue weighted by Crippen LogP contribution is 2.15. The fourth-order valence-corrected chi connectivity index (χ4v) is 3.79. The van der Waals surface area contributed by atoms with E-state index in [9.17, 15) is 0 Å². The maximum Gasteiger partial charge on any atom is 0.116 e. The number of quaternary nitrogens is 1. The Morgan fingerprint density at radius 2 is 0.966 bits per heavy atom. The van der Waals surface area contributed by atoms with Crippen LogP contribution in [0.4, 0.5) is 0 Å². The Hall–Kier alpha value is 0.0500. The van der Waals surface area contributed by atoms with Crippen molar-refractivity contribution >= 4 is 0 Å². The van der Waals surface area contributed by atoms with Crippen LogP contribution in [-0.4, -0.2) is 6.54 Å². The zero-order valence-corrected chi connectivity index (χ0v) is 21.5. The SMILES string of the molecule is CCCCCCCCCCCCCCCC[NH2+]C(C)(C)c1ccccc1.[Cl-].[Cl-].[Cl-]. The molecule has 0 aliphatic rings. The molecule has 0 aliphatic heterocycles. The average Bonchev–Trinajstić information content (AvgIpc) is 2.65. The van der Waals surface area contributed by atoms with Crippen LogP contribution in [0.25, 0.3) is 0 Å². The molecule has 0 aliphatic carbocycles. The summed E-state index contributed by atoms with van der Waals surface area (Å²) in [5.74, 6) is 0. The maximum atomic E-state index is 2.52. The number of hydrogen-bond donors (Lipinski definition) is 1. The van der Waals surface area contributed by atoms with Crippen LogP contribution in [0.15, 0.2) is 30.3 Å². The summed E-state index contributed by atoms with van der Waals surface area (Å²) in [7, 11) is 0. The molecule has 1 aromatic carbocycles. The molecule has 0 unspecified atom stereocenters. The summed E-state index contributed by atoms with van der Waals surface area (Å²) in [6.45, 7) is 8.22. The first kappa shape index (κ1) is 33.7. The van der Waals surface area contributed by atoms with Gasteiger partial charge in [0.2, 0.25) is 0 Å². The molecule has 0 saturated heterocycles. The van der Waals surface area contributed by atoms with Gasteiger partial charge in [-0.3, -0.25) is 0 Å². The maximum absolute atomic E-state index is 2.52. The molecule has 1 rings (SSSR count). The van der Waals surface area contributed by atoms with E-state index in [-0.39, 0.29) is 42.8 Å². The Morgan fingerprint density at radius 3 is 1.38 bits per heavy atom.